The lowest BCUT2D eigenvalue weighted by Gasteiger charge is -2.01. The van der Waals surface area contributed by atoms with Gasteiger partial charge in [0.05, 0.1) is 6.20 Å². The number of benzene rings is 1. The molecule has 0 atom stereocenters. The van der Waals surface area contributed by atoms with Gasteiger partial charge in [-0.1, -0.05) is 24.3 Å². The number of alkyl halides is 1. The van der Waals surface area contributed by atoms with Gasteiger partial charge in [0.25, 0.3) is 0 Å². The zero-order valence-electron chi connectivity index (χ0n) is 7.48. The summed E-state index contributed by atoms with van der Waals surface area (Å²) in [5.74, 6) is 1.50. The molecule has 2 rings (SSSR count). The molecule has 0 unspecified atom stereocenters. The van der Waals surface area contributed by atoms with Crippen molar-refractivity contribution in [3.63, 3.8) is 0 Å². The van der Waals surface area contributed by atoms with E-state index in [1.54, 1.807) is 18.0 Å². The van der Waals surface area contributed by atoms with E-state index < -0.39 is 0 Å². The van der Waals surface area contributed by atoms with Gasteiger partial charge in [-0.2, -0.15) is 5.10 Å². The molecule has 4 heteroatoms. The highest BCUT2D eigenvalue weighted by Crippen LogP contribution is 2.24. The van der Waals surface area contributed by atoms with Crippen LogP contribution in [0.2, 0.25) is 0 Å². The molecule has 1 aromatic heterocycles. The van der Waals surface area contributed by atoms with E-state index >= 15 is 0 Å². The summed E-state index contributed by atoms with van der Waals surface area (Å²) >= 11 is 7.28. The van der Waals surface area contributed by atoms with Gasteiger partial charge in [-0.3, -0.25) is 0 Å². The lowest BCUT2D eigenvalue weighted by Crippen LogP contribution is -1.88. The van der Waals surface area contributed by atoms with Crippen molar-refractivity contribution in [3.05, 3.63) is 30.5 Å². The van der Waals surface area contributed by atoms with E-state index in [0.29, 0.717) is 5.88 Å². The molecule has 0 aliphatic heterocycles. The average Bonchev–Trinajstić information content (AvgIpc) is 2.26. The summed E-state index contributed by atoms with van der Waals surface area (Å²) in [6, 6.07) is 8.10. The van der Waals surface area contributed by atoms with Crippen LogP contribution in [0.15, 0.2) is 35.5 Å². The standard InChI is InChI=1S/C10H9ClN2S/c11-5-6-14-10-9-4-2-1-3-8(9)7-12-13-10/h1-4,7H,5-6H2. The Morgan fingerprint density at radius 3 is 3.00 bits per heavy atom. The molecule has 0 fully saturated rings. The number of thioether (sulfide) groups is 1. The maximum absolute atomic E-state index is 5.63. The second kappa shape index (κ2) is 4.62. The summed E-state index contributed by atoms with van der Waals surface area (Å²) in [7, 11) is 0. The van der Waals surface area contributed by atoms with E-state index in [0.717, 1.165) is 21.6 Å². The molecule has 2 nitrogen and oxygen atoms in total. The molecule has 1 aromatic carbocycles. The van der Waals surface area contributed by atoms with E-state index in [-0.39, 0.29) is 0 Å². The molecule has 2 aromatic rings. The largest absolute Gasteiger partial charge is 0.157 e. The monoisotopic (exact) mass is 224 g/mol. The predicted octanol–water partition coefficient (Wildman–Crippen LogP) is 2.96. The molecule has 0 aliphatic rings. The van der Waals surface area contributed by atoms with Gasteiger partial charge >= 0.3 is 0 Å². The first-order chi connectivity index (χ1) is 6.92. The molecule has 72 valence electrons. The summed E-state index contributed by atoms with van der Waals surface area (Å²) in [4.78, 5) is 0. The van der Waals surface area contributed by atoms with Crippen LogP contribution in [-0.2, 0) is 0 Å². The molecular weight excluding hydrogens is 216 g/mol. The molecule has 14 heavy (non-hydrogen) atoms. The lowest BCUT2D eigenvalue weighted by atomic mass is 10.2. The van der Waals surface area contributed by atoms with Crippen LogP contribution in [0.3, 0.4) is 0 Å². The van der Waals surface area contributed by atoms with E-state index in [4.69, 9.17) is 11.6 Å². The fourth-order valence-electron chi connectivity index (χ4n) is 1.24. The lowest BCUT2D eigenvalue weighted by molar-refractivity contribution is 0.956. The Bertz CT molecular complexity index is 428. The van der Waals surface area contributed by atoms with Crippen LogP contribution in [0, 0.1) is 0 Å². The Kier molecular flexibility index (Phi) is 3.22. The number of hydrogen-bond donors (Lipinski definition) is 0. The summed E-state index contributed by atoms with van der Waals surface area (Å²) < 4.78 is 0. The van der Waals surface area contributed by atoms with Crippen LogP contribution in [0.1, 0.15) is 0 Å². The SMILES string of the molecule is ClCCSc1nncc2ccccc12. The average molecular weight is 225 g/mol. The van der Waals surface area contributed by atoms with E-state index in [9.17, 15) is 0 Å². The van der Waals surface area contributed by atoms with Crippen LogP contribution >= 0.6 is 23.4 Å². The number of hydrogen-bond acceptors (Lipinski definition) is 3. The number of rotatable bonds is 3. The predicted molar refractivity (Wildman–Crippen MR) is 61.0 cm³/mol. The Morgan fingerprint density at radius 2 is 2.14 bits per heavy atom. The summed E-state index contributed by atoms with van der Waals surface area (Å²) in [6.45, 7) is 0. The van der Waals surface area contributed by atoms with Crippen molar-refractivity contribution in [1.82, 2.24) is 10.2 Å². The number of nitrogens with zero attached hydrogens (tertiary/aromatic N) is 2. The number of aromatic nitrogens is 2. The van der Waals surface area contributed by atoms with E-state index in [2.05, 4.69) is 16.3 Å². The fourth-order valence-corrected chi connectivity index (χ4v) is 2.19. The first-order valence-electron chi connectivity index (χ1n) is 4.31. The first kappa shape index (κ1) is 9.74. The van der Waals surface area contributed by atoms with Crippen LogP contribution in [0.4, 0.5) is 0 Å². The number of halogens is 1. The fraction of sp³-hybridized carbons (Fsp3) is 0.200. The van der Waals surface area contributed by atoms with Crippen molar-refractivity contribution in [2.45, 2.75) is 5.03 Å². The minimum absolute atomic E-state index is 0.634. The zero-order chi connectivity index (χ0) is 9.80. The van der Waals surface area contributed by atoms with Crippen molar-refractivity contribution in [2.75, 3.05) is 11.6 Å². The van der Waals surface area contributed by atoms with Gasteiger partial charge in [0.1, 0.15) is 5.03 Å². The quantitative estimate of drug-likeness (QED) is 0.592. The molecule has 0 saturated heterocycles. The minimum atomic E-state index is 0.634. The molecular formula is C10H9ClN2S. The zero-order valence-corrected chi connectivity index (χ0v) is 9.05. The van der Waals surface area contributed by atoms with Crippen LogP contribution < -0.4 is 0 Å². The maximum atomic E-state index is 5.63. The highest BCUT2D eigenvalue weighted by atomic mass is 35.5. The van der Waals surface area contributed by atoms with Gasteiger partial charge in [0.2, 0.25) is 0 Å². The van der Waals surface area contributed by atoms with Gasteiger partial charge in [0, 0.05) is 22.4 Å². The molecule has 0 amide bonds. The third kappa shape index (κ3) is 1.99. The van der Waals surface area contributed by atoms with Crippen molar-refractivity contribution in [1.29, 1.82) is 0 Å². The highest BCUT2D eigenvalue weighted by molar-refractivity contribution is 7.99. The van der Waals surface area contributed by atoms with Crippen molar-refractivity contribution in [2.24, 2.45) is 0 Å². The number of fused-ring (bicyclic) bond motifs is 1. The Labute approximate surface area is 91.7 Å². The van der Waals surface area contributed by atoms with Crippen molar-refractivity contribution < 1.29 is 0 Å². The van der Waals surface area contributed by atoms with E-state index in [1.807, 2.05) is 18.2 Å². The summed E-state index contributed by atoms with van der Waals surface area (Å²) in [5, 5.41) is 11.3. The molecule has 0 aliphatic carbocycles. The van der Waals surface area contributed by atoms with Crippen molar-refractivity contribution in [3.8, 4) is 0 Å². The molecule has 0 N–H and O–H groups in total. The third-order valence-electron chi connectivity index (χ3n) is 1.85. The first-order valence-corrected chi connectivity index (χ1v) is 5.83. The maximum Gasteiger partial charge on any atom is 0.127 e. The van der Waals surface area contributed by atoms with Gasteiger partial charge in [0.15, 0.2) is 0 Å². The summed E-state index contributed by atoms with van der Waals surface area (Å²) in [6.07, 6.45) is 1.78. The Hall–Kier alpha value is -0.800. The Balaban J connectivity index is 2.43. The smallest absolute Gasteiger partial charge is 0.127 e. The highest BCUT2D eigenvalue weighted by Gasteiger charge is 2.02. The minimum Gasteiger partial charge on any atom is -0.157 e. The topological polar surface area (TPSA) is 25.8 Å². The van der Waals surface area contributed by atoms with Crippen LogP contribution in [-0.4, -0.2) is 21.8 Å². The molecule has 0 radical (unpaired) electrons. The normalized spacial score (nSPS) is 10.6. The second-order valence-corrected chi connectivity index (χ2v) is 4.24. The van der Waals surface area contributed by atoms with E-state index in [1.165, 1.54) is 0 Å². The van der Waals surface area contributed by atoms with Gasteiger partial charge in [-0.05, 0) is 0 Å². The van der Waals surface area contributed by atoms with Gasteiger partial charge < -0.3 is 0 Å². The second-order valence-electron chi connectivity index (χ2n) is 2.77. The molecule has 0 bridgehead atoms. The molecule has 1 heterocycles. The molecule has 0 spiro atoms. The third-order valence-corrected chi connectivity index (χ3v) is 3.25. The summed E-state index contributed by atoms with van der Waals surface area (Å²) in [5.41, 5.74) is 0. The van der Waals surface area contributed by atoms with Gasteiger partial charge in [-0.25, -0.2) is 0 Å². The van der Waals surface area contributed by atoms with Gasteiger partial charge in [-0.15, -0.1) is 28.5 Å². The van der Waals surface area contributed by atoms with Crippen LogP contribution in [0.5, 0.6) is 0 Å². The van der Waals surface area contributed by atoms with Crippen LogP contribution in [0.25, 0.3) is 10.8 Å². The Morgan fingerprint density at radius 1 is 1.29 bits per heavy atom. The van der Waals surface area contributed by atoms with Crippen molar-refractivity contribution >= 4 is 34.1 Å². The molecule has 0 saturated carbocycles.